The second-order valence-corrected chi connectivity index (χ2v) is 6.84. The van der Waals surface area contributed by atoms with Crippen LogP contribution in [-0.2, 0) is 0 Å². The number of benzene rings is 2. The van der Waals surface area contributed by atoms with Crippen molar-refractivity contribution in [2.24, 2.45) is 0 Å². The third-order valence-corrected chi connectivity index (χ3v) is 4.21. The van der Waals surface area contributed by atoms with Crippen LogP contribution in [0.5, 0.6) is 0 Å². The maximum atomic E-state index is 10.8. The number of hydrogen-bond acceptors (Lipinski definition) is 7. The average molecular weight is 392 g/mol. The minimum Gasteiger partial charge on any atom is -0.354 e. The van der Waals surface area contributed by atoms with E-state index in [2.05, 4.69) is 25.5 Å². The summed E-state index contributed by atoms with van der Waals surface area (Å²) in [5.74, 6) is 1.15. The molecule has 0 aliphatic carbocycles. The minimum atomic E-state index is -0.419. The molecule has 3 aromatic rings. The fourth-order valence-electron chi connectivity index (χ4n) is 2.76. The first-order valence-electron chi connectivity index (χ1n) is 9.36. The van der Waals surface area contributed by atoms with Crippen molar-refractivity contribution in [3.63, 3.8) is 0 Å². The van der Waals surface area contributed by atoms with E-state index in [1.807, 2.05) is 50.5 Å². The molecule has 0 fully saturated rings. The van der Waals surface area contributed by atoms with Gasteiger partial charge in [0.25, 0.3) is 5.69 Å². The molecule has 0 saturated carbocycles. The lowest BCUT2D eigenvalue weighted by Gasteiger charge is -2.13. The standard InChI is InChI=1S/C21H24N6O2/c1-26(2)14-6-13-22-21-24-19(16-7-4-3-5-8-16)15-20(25-21)23-17-9-11-18(12-10-17)27(28)29/h3-5,7-12,15H,6,13-14H2,1-2H3,(H2,22,23,24,25). The van der Waals surface area contributed by atoms with E-state index < -0.39 is 4.92 Å². The Morgan fingerprint density at radius 2 is 1.76 bits per heavy atom. The van der Waals surface area contributed by atoms with E-state index in [0.717, 1.165) is 30.8 Å². The van der Waals surface area contributed by atoms with Crippen molar-refractivity contribution >= 4 is 23.1 Å². The molecule has 1 aromatic heterocycles. The predicted molar refractivity (Wildman–Crippen MR) is 116 cm³/mol. The lowest BCUT2D eigenvalue weighted by Crippen LogP contribution is -2.17. The molecule has 29 heavy (non-hydrogen) atoms. The molecule has 0 amide bonds. The van der Waals surface area contributed by atoms with Gasteiger partial charge in [-0.3, -0.25) is 10.1 Å². The molecule has 0 aliphatic heterocycles. The Hall–Kier alpha value is -3.52. The second-order valence-electron chi connectivity index (χ2n) is 6.84. The quantitative estimate of drug-likeness (QED) is 0.321. The van der Waals surface area contributed by atoms with Crippen LogP contribution in [0.25, 0.3) is 11.3 Å². The van der Waals surface area contributed by atoms with Gasteiger partial charge in [-0.1, -0.05) is 30.3 Å². The predicted octanol–water partition coefficient (Wildman–Crippen LogP) is 4.16. The van der Waals surface area contributed by atoms with Gasteiger partial charge in [0.15, 0.2) is 0 Å². The zero-order chi connectivity index (χ0) is 20.6. The van der Waals surface area contributed by atoms with E-state index >= 15 is 0 Å². The highest BCUT2D eigenvalue weighted by Gasteiger charge is 2.09. The minimum absolute atomic E-state index is 0.0476. The Morgan fingerprint density at radius 3 is 2.41 bits per heavy atom. The SMILES string of the molecule is CN(C)CCCNc1nc(Nc2ccc([N+](=O)[O-])cc2)cc(-c2ccccc2)n1. The monoisotopic (exact) mass is 392 g/mol. The maximum absolute atomic E-state index is 10.8. The topological polar surface area (TPSA) is 96.2 Å². The fraction of sp³-hybridized carbons (Fsp3) is 0.238. The first-order valence-corrected chi connectivity index (χ1v) is 9.36. The number of non-ortho nitro benzene ring substituents is 1. The molecule has 0 atom stereocenters. The normalized spacial score (nSPS) is 10.7. The van der Waals surface area contributed by atoms with Crippen LogP contribution in [0.15, 0.2) is 60.7 Å². The van der Waals surface area contributed by atoms with Crippen LogP contribution < -0.4 is 10.6 Å². The summed E-state index contributed by atoms with van der Waals surface area (Å²) in [6, 6.07) is 18.0. The molecule has 0 bridgehead atoms. The van der Waals surface area contributed by atoms with Gasteiger partial charge in [0.2, 0.25) is 5.95 Å². The summed E-state index contributed by atoms with van der Waals surface area (Å²) in [5, 5.41) is 17.3. The van der Waals surface area contributed by atoms with Crippen molar-refractivity contribution in [1.82, 2.24) is 14.9 Å². The zero-order valence-electron chi connectivity index (χ0n) is 16.5. The summed E-state index contributed by atoms with van der Waals surface area (Å²) in [6.07, 6.45) is 0.969. The lowest BCUT2D eigenvalue weighted by molar-refractivity contribution is -0.384. The lowest BCUT2D eigenvalue weighted by atomic mass is 10.1. The van der Waals surface area contributed by atoms with Gasteiger partial charge in [0.1, 0.15) is 5.82 Å². The molecule has 2 aromatic carbocycles. The first-order chi connectivity index (χ1) is 14.0. The Labute approximate surface area is 169 Å². The van der Waals surface area contributed by atoms with Crippen molar-refractivity contribution < 1.29 is 4.92 Å². The molecule has 8 nitrogen and oxygen atoms in total. The molecule has 0 unspecified atom stereocenters. The molecule has 0 saturated heterocycles. The number of rotatable bonds is 9. The smallest absolute Gasteiger partial charge is 0.269 e. The third-order valence-electron chi connectivity index (χ3n) is 4.21. The largest absolute Gasteiger partial charge is 0.354 e. The molecular weight excluding hydrogens is 368 g/mol. The molecular formula is C21H24N6O2. The van der Waals surface area contributed by atoms with E-state index in [1.54, 1.807) is 12.1 Å². The van der Waals surface area contributed by atoms with E-state index in [9.17, 15) is 10.1 Å². The number of nitro groups is 1. The highest BCUT2D eigenvalue weighted by molar-refractivity contribution is 5.67. The van der Waals surface area contributed by atoms with Crippen molar-refractivity contribution in [2.45, 2.75) is 6.42 Å². The first kappa shape index (κ1) is 20.2. The molecule has 2 N–H and O–H groups in total. The van der Waals surface area contributed by atoms with Gasteiger partial charge in [-0.15, -0.1) is 0 Å². The second kappa shape index (κ2) is 9.61. The van der Waals surface area contributed by atoms with Crippen LogP contribution in [-0.4, -0.2) is 47.0 Å². The third kappa shape index (κ3) is 5.98. The molecule has 0 radical (unpaired) electrons. The van der Waals surface area contributed by atoms with Crippen LogP contribution in [0.4, 0.5) is 23.1 Å². The van der Waals surface area contributed by atoms with Crippen LogP contribution in [0.2, 0.25) is 0 Å². The van der Waals surface area contributed by atoms with Gasteiger partial charge in [0, 0.05) is 36.0 Å². The van der Waals surface area contributed by atoms with Crippen LogP contribution in [0.1, 0.15) is 6.42 Å². The summed E-state index contributed by atoms with van der Waals surface area (Å²) in [5.41, 5.74) is 2.54. The zero-order valence-corrected chi connectivity index (χ0v) is 16.5. The molecule has 1 heterocycles. The number of aromatic nitrogens is 2. The number of anilines is 3. The van der Waals surface area contributed by atoms with E-state index in [1.165, 1.54) is 12.1 Å². The Kier molecular flexibility index (Phi) is 6.70. The average Bonchev–Trinajstić information content (AvgIpc) is 2.72. The van der Waals surface area contributed by atoms with Crippen LogP contribution in [0.3, 0.4) is 0 Å². The highest BCUT2D eigenvalue weighted by atomic mass is 16.6. The number of nitro benzene ring substituents is 1. The van der Waals surface area contributed by atoms with Crippen molar-refractivity contribution in [1.29, 1.82) is 0 Å². The molecule has 3 rings (SSSR count). The van der Waals surface area contributed by atoms with Crippen LogP contribution in [0, 0.1) is 10.1 Å². The molecule has 8 heteroatoms. The molecule has 150 valence electrons. The van der Waals surface area contributed by atoms with Gasteiger partial charge >= 0.3 is 0 Å². The Balaban J connectivity index is 1.82. The van der Waals surface area contributed by atoms with Gasteiger partial charge in [-0.2, -0.15) is 4.98 Å². The van der Waals surface area contributed by atoms with E-state index in [0.29, 0.717) is 17.5 Å². The summed E-state index contributed by atoms with van der Waals surface area (Å²) in [6.45, 7) is 1.73. The van der Waals surface area contributed by atoms with Gasteiger partial charge in [-0.05, 0) is 39.2 Å². The number of nitrogens with zero attached hydrogens (tertiary/aromatic N) is 4. The van der Waals surface area contributed by atoms with E-state index in [-0.39, 0.29) is 5.69 Å². The maximum Gasteiger partial charge on any atom is 0.269 e. The Morgan fingerprint density at radius 1 is 1.03 bits per heavy atom. The van der Waals surface area contributed by atoms with Crippen molar-refractivity contribution in [2.75, 3.05) is 37.8 Å². The number of hydrogen-bond donors (Lipinski definition) is 2. The Bertz CT molecular complexity index is 945. The van der Waals surface area contributed by atoms with Gasteiger partial charge in [0.05, 0.1) is 10.6 Å². The van der Waals surface area contributed by atoms with Crippen LogP contribution >= 0.6 is 0 Å². The number of nitrogens with one attached hydrogen (secondary N) is 2. The van der Waals surface area contributed by atoms with Gasteiger partial charge in [-0.25, -0.2) is 4.98 Å². The highest BCUT2D eigenvalue weighted by Crippen LogP contribution is 2.24. The van der Waals surface area contributed by atoms with E-state index in [4.69, 9.17) is 0 Å². The van der Waals surface area contributed by atoms with Crippen molar-refractivity contribution in [3.8, 4) is 11.3 Å². The summed E-state index contributed by atoms with van der Waals surface area (Å²) < 4.78 is 0. The fourth-order valence-corrected chi connectivity index (χ4v) is 2.76. The van der Waals surface area contributed by atoms with Crippen molar-refractivity contribution in [3.05, 3.63) is 70.8 Å². The summed E-state index contributed by atoms with van der Waals surface area (Å²) in [4.78, 5) is 21.7. The molecule has 0 spiro atoms. The molecule has 0 aliphatic rings. The summed E-state index contributed by atoms with van der Waals surface area (Å²) >= 11 is 0. The van der Waals surface area contributed by atoms with Gasteiger partial charge < -0.3 is 15.5 Å². The summed E-state index contributed by atoms with van der Waals surface area (Å²) in [7, 11) is 4.08.